The molecule has 0 radical (unpaired) electrons. The van der Waals surface area contributed by atoms with E-state index in [1.54, 1.807) is 6.20 Å². The van der Waals surface area contributed by atoms with Crippen molar-refractivity contribution in [1.29, 1.82) is 0 Å². The Hall–Kier alpha value is -1.49. The Morgan fingerprint density at radius 2 is 2.06 bits per heavy atom. The van der Waals surface area contributed by atoms with Gasteiger partial charge in [0.15, 0.2) is 0 Å². The molecule has 88 valence electrons. The fourth-order valence-electron chi connectivity index (χ4n) is 2.04. The van der Waals surface area contributed by atoms with Crippen molar-refractivity contribution in [2.75, 3.05) is 36.1 Å². The smallest absolute Gasteiger partial charge is 0.136 e. The highest BCUT2D eigenvalue weighted by atomic mass is 15.4. The number of pyridine rings is 1. The summed E-state index contributed by atoms with van der Waals surface area (Å²) in [6, 6.07) is 0. The number of hydrogen-bond donors (Lipinski definition) is 2. The molecule has 0 bridgehead atoms. The fourth-order valence-corrected chi connectivity index (χ4v) is 2.04. The number of nitrogen functional groups attached to an aromatic ring is 2. The van der Waals surface area contributed by atoms with Crippen LogP contribution in [-0.4, -0.2) is 29.6 Å². The van der Waals surface area contributed by atoms with Crippen molar-refractivity contribution in [3.8, 4) is 0 Å². The molecule has 5 heteroatoms. The van der Waals surface area contributed by atoms with Crippen molar-refractivity contribution in [1.82, 2.24) is 9.88 Å². The minimum absolute atomic E-state index is 0.577. The van der Waals surface area contributed by atoms with E-state index in [0.29, 0.717) is 11.4 Å². The molecular weight excluding hydrogens is 202 g/mol. The van der Waals surface area contributed by atoms with Crippen molar-refractivity contribution in [3.63, 3.8) is 0 Å². The van der Waals surface area contributed by atoms with Crippen LogP contribution in [0.15, 0.2) is 6.20 Å². The first-order valence-electron chi connectivity index (χ1n) is 5.67. The van der Waals surface area contributed by atoms with Crippen LogP contribution in [0.2, 0.25) is 0 Å². The second-order valence-corrected chi connectivity index (χ2v) is 4.07. The minimum atomic E-state index is 0.577. The number of hydrogen-bond acceptors (Lipinski definition) is 5. The second kappa shape index (κ2) is 4.17. The Morgan fingerprint density at radius 3 is 2.69 bits per heavy atom. The van der Waals surface area contributed by atoms with E-state index in [9.17, 15) is 0 Å². The lowest BCUT2D eigenvalue weighted by atomic mass is 10.1. The first-order valence-corrected chi connectivity index (χ1v) is 5.67. The van der Waals surface area contributed by atoms with Gasteiger partial charge in [0.05, 0.1) is 24.2 Å². The van der Waals surface area contributed by atoms with Crippen LogP contribution in [0, 0.1) is 0 Å². The number of aromatic nitrogens is 1. The third-order valence-electron chi connectivity index (χ3n) is 3.11. The van der Waals surface area contributed by atoms with E-state index in [2.05, 4.69) is 28.6 Å². The van der Waals surface area contributed by atoms with Crippen molar-refractivity contribution < 1.29 is 0 Å². The SMILES string of the molecule is CCN1Cc2c(ncc(N)c2N)N(CC)C1. The largest absolute Gasteiger partial charge is 0.397 e. The molecular formula is C11H19N5. The van der Waals surface area contributed by atoms with Gasteiger partial charge in [0.1, 0.15) is 5.82 Å². The van der Waals surface area contributed by atoms with E-state index in [0.717, 1.165) is 37.7 Å². The van der Waals surface area contributed by atoms with E-state index >= 15 is 0 Å². The highest BCUT2D eigenvalue weighted by Crippen LogP contribution is 2.32. The van der Waals surface area contributed by atoms with Gasteiger partial charge in [0.25, 0.3) is 0 Å². The van der Waals surface area contributed by atoms with E-state index in [-0.39, 0.29) is 0 Å². The molecule has 0 unspecified atom stereocenters. The summed E-state index contributed by atoms with van der Waals surface area (Å²) in [7, 11) is 0. The molecule has 0 saturated heterocycles. The molecule has 0 saturated carbocycles. The van der Waals surface area contributed by atoms with E-state index in [4.69, 9.17) is 11.5 Å². The molecule has 2 rings (SSSR count). The molecule has 4 N–H and O–H groups in total. The Labute approximate surface area is 96.0 Å². The van der Waals surface area contributed by atoms with Gasteiger partial charge in [-0.25, -0.2) is 4.98 Å². The van der Waals surface area contributed by atoms with Crippen LogP contribution in [0.4, 0.5) is 17.2 Å². The van der Waals surface area contributed by atoms with Gasteiger partial charge in [-0.1, -0.05) is 6.92 Å². The number of rotatable bonds is 2. The van der Waals surface area contributed by atoms with Gasteiger partial charge in [-0.05, 0) is 13.5 Å². The third-order valence-corrected chi connectivity index (χ3v) is 3.11. The first-order chi connectivity index (χ1) is 7.67. The summed E-state index contributed by atoms with van der Waals surface area (Å²) < 4.78 is 0. The highest BCUT2D eigenvalue weighted by Gasteiger charge is 2.24. The van der Waals surface area contributed by atoms with Crippen LogP contribution in [0.1, 0.15) is 19.4 Å². The van der Waals surface area contributed by atoms with Gasteiger partial charge >= 0.3 is 0 Å². The molecule has 0 fully saturated rings. The van der Waals surface area contributed by atoms with Crippen LogP contribution in [0.3, 0.4) is 0 Å². The zero-order chi connectivity index (χ0) is 11.7. The summed E-state index contributed by atoms with van der Waals surface area (Å²) in [5.41, 5.74) is 14.1. The lowest BCUT2D eigenvalue weighted by Crippen LogP contribution is -2.43. The molecule has 0 aliphatic carbocycles. The second-order valence-electron chi connectivity index (χ2n) is 4.07. The lowest BCUT2D eigenvalue weighted by Gasteiger charge is -2.37. The summed E-state index contributed by atoms with van der Waals surface area (Å²) in [5, 5.41) is 0. The van der Waals surface area contributed by atoms with Gasteiger partial charge in [0, 0.05) is 18.7 Å². The maximum Gasteiger partial charge on any atom is 0.136 e. The third kappa shape index (κ3) is 1.67. The van der Waals surface area contributed by atoms with E-state index in [1.165, 1.54) is 0 Å². The highest BCUT2D eigenvalue weighted by molar-refractivity contribution is 5.73. The molecule has 0 atom stereocenters. The zero-order valence-corrected chi connectivity index (χ0v) is 9.90. The summed E-state index contributed by atoms with van der Waals surface area (Å²) in [4.78, 5) is 8.94. The fraction of sp³-hybridized carbons (Fsp3) is 0.545. The number of anilines is 3. The number of fused-ring (bicyclic) bond motifs is 1. The van der Waals surface area contributed by atoms with E-state index in [1.807, 2.05) is 0 Å². The molecule has 1 aliphatic heterocycles. The first kappa shape index (κ1) is 11.0. The average molecular weight is 221 g/mol. The van der Waals surface area contributed by atoms with Crippen molar-refractivity contribution in [2.45, 2.75) is 20.4 Å². The lowest BCUT2D eigenvalue weighted by molar-refractivity contribution is 0.265. The molecule has 1 aromatic heterocycles. The maximum atomic E-state index is 6.02. The van der Waals surface area contributed by atoms with Gasteiger partial charge < -0.3 is 16.4 Å². The predicted molar refractivity (Wildman–Crippen MR) is 67.0 cm³/mol. The van der Waals surface area contributed by atoms with Crippen molar-refractivity contribution in [2.24, 2.45) is 0 Å². The van der Waals surface area contributed by atoms with Crippen molar-refractivity contribution >= 4 is 17.2 Å². The Balaban J connectivity index is 2.45. The standard InChI is InChI=1S/C11H19N5/c1-3-15-6-8-10(13)9(12)5-14-11(8)16(4-2)7-15/h5H,3-4,6-7,12H2,1-2H3,(H2,13,14). The quantitative estimate of drug-likeness (QED) is 0.775. The normalized spacial score (nSPS) is 16.2. The Morgan fingerprint density at radius 1 is 1.31 bits per heavy atom. The van der Waals surface area contributed by atoms with Gasteiger partial charge in [0.2, 0.25) is 0 Å². The van der Waals surface area contributed by atoms with Crippen LogP contribution >= 0.6 is 0 Å². The number of nitrogens with zero attached hydrogens (tertiary/aromatic N) is 3. The molecule has 0 amide bonds. The topological polar surface area (TPSA) is 71.4 Å². The maximum absolute atomic E-state index is 6.02. The van der Waals surface area contributed by atoms with Crippen molar-refractivity contribution in [3.05, 3.63) is 11.8 Å². The molecule has 0 spiro atoms. The molecule has 0 aromatic carbocycles. The van der Waals surface area contributed by atoms with Crippen LogP contribution in [0.25, 0.3) is 0 Å². The minimum Gasteiger partial charge on any atom is -0.397 e. The van der Waals surface area contributed by atoms with Crippen LogP contribution in [-0.2, 0) is 6.54 Å². The summed E-state index contributed by atoms with van der Waals surface area (Å²) >= 11 is 0. The molecule has 16 heavy (non-hydrogen) atoms. The monoisotopic (exact) mass is 221 g/mol. The summed E-state index contributed by atoms with van der Waals surface area (Å²) in [6.07, 6.45) is 1.65. The summed E-state index contributed by atoms with van der Waals surface area (Å²) in [6.45, 7) is 7.96. The van der Waals surface area contributed by atoms with Gasteiger partial charge in [-0.2, -0.15) is 0 Å². The molecule has 1 aromatic rings. The van der Waals surface area contributed by atoms with E-state index < -0.39 is 0 Å². The Kier molecular flexibility index (Phi) is 2.87. The predicted octanol–water partition coefficient (Wildman–Crippen LogP) is 0.865. The number of nitrogens with two attached hydrogens (primary N) is 2. The molecule has 5 nitrogen and oxygen atoms in total. The molecule has 2 heterocycles. The Bertz CT molecular complexity index is 390. The zero-order valence-electron chi connectivity index (χ0n) is 9.90. The van der Waals surface area contributed by atoms with Crippen LogP contribution < -0.4 is 16.4 Å². The summed E-state index contributed by atoms with van der Waals surface area (Å²) in [5.74, 6) is 0.985. The van der Waals surface area contributed by atoms with Gasteiger partial charge in [-0.3, -0.25) is 4.90 Å². The molecule has 1 aliphatic rings. The van der Waals surface area contributed by atoms with Gasteiger partial charge in [-0.15, -0.1) is 0 Å². The van der Waals surface area contributed by atoms with Crippen LogP contribution in [0.5, 0.6) is 0 Å². The average Bonchev–Trinajstić information content (AvgIpc) is 2.32.